The molecule has 0 spiro atoms. The fraction of sp³-hybridized carbons (Fsp3) is 0.529. The van der Waals surface area contributed by atoms with Crippen LogP contribution in [0.4, 0.5) is 0 Å². The lowest BCUT2D eigenvalue weighted by Crippen LogP contribution is -2.43. The summed E-state index contributed by atoms with van der Waals surface area (Å²) in [7, 11) is 0. The molecule has 0 aromatic carbocycles. The molecule has 2 aromatic rings. The molecule has 1 aliphatic rings. The van der Waals surface area contributed by atoms with Gasteiger partial charge in [-0.15, -0.1) is 0 Å². The number of amides is 1. The van der Waals surface area contributed by atoms with Gasteiger partial charge in [0, 0.05) is 43.4 Å². The lowest BCUT2D eigenvalue weighted by molar-refractivity contribution is -0.135. The van der Waals surface area contributed by atoms with Gasteiger partial charge in [-0.1, -0.05) is 12.1 Å². The van der Waals surface area contributed by atoms with Crippen LogP contribution in [0.1, 0.15) is 44.9 Å². The summed E-state index contributed by atoms with van der Waals surface area (Å²) in [5.74, 6) is 1.25. The predicted octanol–water partition coefficient (Wildman–Crippen LogP) is 2.86. The van der Waals surface area contributed by atoms with Crippen LogP contribution in [-0.2, 0) is 11.2 Å². The molecule has 23 heavy (non-hydrogen) atoms. The number of aryl methyl sites for hydroxylation is 1. The molecule has 0 saturated carbocycles. The first-order valence-corrected chi connectivity index (χ1v) is 8.30. The number of pyridine rings is 1. The van der Waals surface area contributed by atoms with Gasteiger partial charge in [0.15, 0.2) is 0 Å². The predicted molar refractivity (Wildman–Crippen MR) is 85.5 cm³/mol. The molecule has 0 bridgehead atoms. The van der Waals surface area contributed by atoms with Crippen molar-refractivity contribution >= 4 is 5.91 Å². The monoisotopic (exact) mass is 314 g/mol. The summed E-state index contributed by atoms with van der Waals surface area (Å²) in [6.07, 6.45) is 8.77. The van der Waals surface area contributed by atoms with Crippen molar-refractivity contribution < 1.29 is 9.32 Å². The van der Waals surface area contributed by atoms with E-state index >= 15 is 0 Å². The van der Waals surface area contributed by atoms with Crippen molar-refractivity contribution in [3.05, 3.63) is 30.4 Å². The molecular formula is C17H22N4O2. The van der Waals surface area contributed by atoms with Crippen molar-refractivity contribution in [1.82, 2.24) is 20.0 Å². The Morgan fingerprint density at radius 2 is 2.17 bits per heavy atom. The minimum absolute atomic E-state index is 0.195. The highest BCUT2D eigenvalue weighted by Crippen LogP contribution is 2.21. The Bertz CT molecular complexity index is 641. The van der Waals surface area contributed by atoms with E-state index in [-0.39, 0.29) is 5.91 Å². The van der Waals surface area contributed by atoms with Gasteiger partial charge in [0.2, 0.25) is 17.6 Å². The normalized spacial score (nSPS) is 18.1. The van der Waals surface area contributed by atoms with Crippen LogP contribution in [0.15, 0.2) is 29.0 Å². The van der Waals surface area contributed by atoms with E-state index in [4.69, 9.17) is 4.52 Å². The second-order valence-corrected chi connectivity index (χ2v) is 5.89. The fourth-order valence-electron chi connectivity index (χ4n) is 3.09. The fourth-order valence-corrected chi connectivity index (χ4v) is 3.09. The second kappa shape index (κ2) is 7.35. The van der Waals surface area contributed by atoms with Gasteiger partial charge < -0.3 is 9.42 Å². The lowest BCUT2D eigenvalue weighted by Gasteiger charge is -2.35. The highest BCUT2D eigenvalue weighted by atomic mass is 16.5. The molecule has 2 aromatic heterocycles. The number of hydrogen-bond acceptors (Lipinski definition) is 5. The molecule has 6 nitrogen and oxygen atoms in total. The summed E-state index contributed by atoms with van der Waals surface area (Å²) in [5.41, 5.74) is 0.864. The maximum absolute atomic E-state index is 12.4. The first-order chi connectivity index (χ1) is 11.3. The summed E-state index contributed by atoms with van der Waals surface area (Å²) in [4.78, 5) is 22.8. The lowest BCUT2D eigenvalue weighted by atomic mass is 9.99. The first-order valence-electron chi connectivity index (χ1n) is 8.30. The van der Waals surface area contributed by atoms with E-state index in [1.54, 1.807) is 12.4 Å². The molecule has 1 atom stereocenters. The van der Waals surface area contributed by atoms with E-state index in [2.05, 4.69) is 22.0 Å². The van der Waals surface area contributed by atoms with Crippen molar-refractivity contribution in [3.63, 3.8) is 0 Å². The number of piperidine rings is 1. The second-order valence-electron chi connectivity index (χ2n) is 5.89. The van der Waals surface area contributed by atoms with Crippen LogP contribution in [0.5, 0.6) is 0 Å². The van der Waals surface area contributed by atoms with E-state index in [1.165, 1.54) is 6.42 Å². The van der Waals surface area contributed by atoms with Gasteiger partial charge in [-0.2, -0.15) is 4.98 Å². The van der Waals surface area contributed by atoms with Crippen LogP contribution in [-0.4, -0.2) is 38.5 Å². The number of hydrogen-bond donors (Lipinski definition) is 0. The van der Waals surface area contributed by atoms with Crippen LogP contribution in [0.25, 0.3) is 11.4 Å². The van der Waals surface area contributed by atoms with Crippen LogP contribution in [0, 0.1) is 0 Å². The zero-order valence-corrected chi connectivity index (χ0v) is 13.4. The molecule has 0 unspecified atom stereocenters. The molecule has 3 heterocycles. The van der Waals surface area contributed by atoms with Gasteiger partial charge in [-0.25, -0.2) is 0 Å². The molecule has 122 valence electrons. The van der Waals surface area contributed by atoms with Crippen LogP contribution >= 0.6 is 0 Å². The number of carbonyl (C=O) groups is 1. The molecular weight excluding hydrogens is 292 g/mol. The van der Waals surface area contributed by atoms with Crippen molar-refractivity contribution in [1.29, 1.82) is 0 Å². The van der Waals surface area contributed by atoms with E-state index in [9.17, 15) is 4.79 Å². The Kier molecular flexibility index (Phi) is 5.00. The van der Waals surface area contributed by atoms with Gasteiger partial charge in [0.1, 0.15) is 0 Å². The summed E-state index contributed by atoms with van der Waals surface area (Å²) in [5, 5.41) is 3.97. The number of carbonyl (C=O) groups excluding carboxylic acids is 1. The minimum atomic E-state index is 0.195. The summed E-state index contributed by atoms with van der Waals surface area (Å²) >= 11 is 0. The zero-order valence-electron chi connectivity index (χ0n) is 13.4. The molecule has 6 heteroatoms. The summed E-state index contributed by atoms with van der Waals surface area (Å²) < 4.78 is 5.26. The van der Waals surface area contributed by atoms with Crippen molar-refractivity contribution in [2.45, 2.75) is 51.5 Å². The highest BCUT2D eigenvalue weighted by Gasteiger charge is 2.25. The Labute approximate surface area is 135 Å². The topological polar surface area (TPSA) is 72.1 Å². The number of aromatic nitrogens is 3. The molecule has 1 saturated heterocycles. The standard InChI is InChI=1S/C17H22N4O2/c1-2-14-5-3-4-12-21(14)16(22)7-6-15-19-17(20-23-15)13-8-10-18-11-9-13/h8-11,14H,2-7,12H2,1H3/t14-/m0/s1. The van der Waals surface area contributed by atoms with Gasteiger partial charge in [0.25, 0.3) is 0 Å². The van der Waals surface area contributed by atoms with Crippen molar-refractivity contribution in [2.75, 3.05) is 6.54 Å². The van der Waals surface area contributed by atoms with Gasteiger partial charge >= 0.3 is 0 Å². The Balaban J connectivity index is 1.58. The molecule has 0 aliphatic carbocycles. The third-order valence-electron chi connectivity index (χ3n) is 4.38. The Morgan fingerprint density at radius 1 is 1.35 bits per heavy atom. The largest absolute Gasteiger partial charge is 0.340 e. The van der Waals surface area contributed by atoms with Crippen LogP contribution in [0.2, 0.25) is 0 Å². The quantitative estimate of drug-likeness (QED) is 0.848. The minimum Gasteiger partial charge on any atom is -0.340 e. The number of rotatable bonds is 5. The third kappa shape index (κ3) is 3.75. The third-order valence-corrected chi connectivity index (χ3v) is 4.38. The maximum atomic E-state index is 12.4. The molecule has 3 rings (SSSR count). The highest BCUT2D eigenvalue weighted by molar-refractivity contribution is 5.76. The van der Waals surface area contributed by atoms with E-state index in [1.807, 2.05) is 17.0 Å². The zero-order chi connectivity index (χ0) is 16.1. The first kappa shape index (κ1) is 15.6. The molecule has 1 fully saturated rings. The smallest absolute Gasteiger partial charge is 0.227 e. The van der Waals surface area contributed by atoms with E-state index in [0.29, 0.717) is 30.6 Å². The van der Waals surface area contributed by atoms with Crippen molar-refractivity contribution in [3.8, 4) is 11.4 Å². The average molecular weight is 314 g/mol. The van der Waals surface area contributed by atoms with Gasteiger partial charge in [-0.3, -0.25) is 9.78 Å². The molecule has 1 aliphatic heterocycles. The van der Waals surface area contributed by atoms with Gasteiger partial charge in [-0.05, 0) is 37.8 Å². The van der Waals surface area contributed by atoms with E-state index < -0.39 is 0 Å². The SMILES string of the molecule is CC[C@H]1CCCCN1C(=O)CCc1nc(-c2ccncc2)no1. The summed E-state index contributed by atoms with van der Waals surface area (Å²) in [6.45, 7) is 3.03. The number of likely N-dealkylation sites (tertiary alicyclic amines) is 1. The average Bonchev–Trinajstić information content (AvgIpc) is 3.09. The van der Waals surface area contributed by atoms with E-state index in [0.717, 1.165) is 31.4 Å². The molecule has 1 amide bonds. The molecule has 0 N–H and O–H groups in total. The maximum Gasteiger partial charge on any atom is 0.227 e. The molecule has 0 radical (unpaired) electrons. The van der Waals surface area contributed by atoms with Crippen LogP contribution in [0.3, 0.4) is 0 Å². The number of nitrogens with zero attached hydrogens (tertiary/aromatic N) is 4. The van der Waals surface area contributed by atoms with Crippen LogP contribution < -0.4 is 0 Å². The van der Waals surface area contributed by atoms with Crippen molar-refractivity contribution in [2.24, 2.45) is 0 Å². The Hall–Kier alpha value is -2.24. The Morgan fingerprint density at radius 3 is 2.96 bits per heavy atom. The van der Waals surface area contributed by atoms with Gasteiger partial charge in [0.05, 0.1) is 0 Å². The summed E-state index contributed by atoms with van der Waals surface area (Å²) in [6, 6.07) is 4.06.